The Hall–Kier alpha value is -2.44. The lowest BCUT2D eigenvalue weighted by molar-refractivity contribution is 0.0785. The number of rotatable bonds is 4. The highest BCUT2D eigenvalue weighted by Crippen LogP contribution is 2.23. The zero-order valence-electron chi connectivity index (χ0n) is 12.7. The summed E-state index contributed by atoms with van der Waals surface area (Å²) in [7, 11) is 1.73. The predicted molar refractivity (Wildman–Crippen MR) is 91.4 cm³/mol. The highest BCUT2D eigenvalue weighted by atomic mass is 35.5. The number of tetrazole rings is 1. The topological polar surface area (TPSA) is 63.9 Å². The van der Waals surface area contributed by atoms with Crippen molar-refractivity contribution in [1.82, 2.24) is 25.1 Å². The van der Waals surface area contributed by atoms with Gasteiger partial charge in [-0.15, -0.1) is 5.10 Å². The lowest BCUT2D eigenvalue weighted by Crippen LogP contribution is -2.26. The fourth-order valence-electron chi connectivity index (χ4n) is 2.27. The zero-order chi connectivity index (χ0) is 17.1. The summed E-state index contributed by atoms with van der Waals surface area (Å²) in [6, 6.07) is 12.4. The van der Waals surface area contributed by atoms with E-state index in [2.05, 4.69) is 15.5 Å². The lowest BCUT2D eigenvalue weighted by atomic mass is 10.1. The molecule has 122 valence electrons. The number of amides is 1. The highest BCUT2D eigenvalue weighted by Gasteiger charge is 2.14. The number of halogens is 2. The van der Waals surface area contributed by atoms with Crippen LogP contribution in [0.5, 0.6) is 0 Å². The van der Waals surface area contributed by atoms with Gasteiger partial charge >= 0.3 is 0 Å². The Morgan fingerprint density at radius 1 is 1.17 bits per heavy atom. The van der Waals surface area contributed by atoms with E-state index >= 15 is 0 Å². The largest absolute Gasteiger partial charge is 0.337 e. The molecule has 0 aliphatic carbocycles. The van der Waals surface area contributed by atoms with Gasteiger partial charge in [0.15, 0.2) is 0 Å². The number of aromatic nitrogens is 4. The molecule has 0 bridgehead atoms. The molecule has 0 unspecified atom stereocenters. The van der Waals surface area contributed by atoms with Crippen LogP contribution in [0.2, 0.25) is 10.0 Å². The van der Waals surface area contributed by atoms with E-state index in [1.807, 2.05) is 12.1 Å². The van der Waals surface area contributed by atoms with Crippen molar-refractivity contribution >= 4 is 29.1 Å². The minimum Gasteiger partial charge on any atom is -0.337 e. The molecule has 0 saturated carbocycles. The van der Waals surface area contributed by atoms with Gasteiger partial charge in [-0.05, 0) is 46.3 Å². The number of carbonyl (C=O) groups is 1. The van der Waals surface area contributed by atoms with Gasteiger partial charge < -0.3 is 4.90 Å². The number of hydrogen-bond donors (Lipinski definition) is 0. The Morgan fingerprint density at radius 3 is 2.71 bits per heavy atom. The maximum Gasteiger partial charge on any atom is 0.253 e. The molecule has 1 heterocycles. The van der Waals surface area contributed by atoms with E-state index in [1.165, 1.54) is 11.0 Å². The summed E-state index contributed by atoms with van der Waals surface area (Å²) in [5, 5.41) is 12.0. The van der Waals surface area contributed by atoms with E-state index < -0.39 is 0 Å². The van der Waals surface area contributed by atoms with Crippen LogP contribution in [0.1, 0.15) is 15.9 Å². The molecule has 8 heteroatoms. The van der Waals surface area contributed by atoms with Gasteiger partial charge in [0.05, 0.1) is 15.7 Å². The molecule has 0 aliphatic heterocycles. The molecule has 0 fully saturated rings. The van der Waals surface area contributed by atoms with E-state index in [9.17, 15) is 4.79 Å². The second kappa shape index (κ2) is 6.98. The van der Waals surface area contributed by atoms with Crippen LogP contribution >= 0.6 is 23.2 Å². The first kappa shape index (κ1) is 16.4. The Morgan fingerprint density at radius 2 is 2.00 bits per heavy atom. The number of hydrogen-bond acceptors (Lipinski definition) is 4. The minimum absolute atomic E-state index is 0.115. The van der Waals surface area contributed by atoms with Gasteiger partial charge in [-0.2, -0.15) is 0 Å². The Labute approximate surface area is 148 Å². The third kappa shape index (κ3) is 3.55. The standard InChI is InChI=1S/C16H13Cl2N5O/c1-22(9-11-5-6-14(17)15(18)7-11)16(24)12-3-2-4-13(8-12)23-10-19-20-21-23/h2-8,10H,9H2,1H3. The van der Waals surface area contributed by atoms with Crippen molar-refractivity contribution in [2.24, 2.45) is 0 Å². The van der Waals surface area contributed by atoms with Crippen LogP contribution in [-0.2, 0) is 6.54 Å². The van der Waals surface area contributed by atoms with E-state index in [0.29, 0.717) is 27.8 Å². The Bertz CT molecular complexity index is 867. The summed E-state index contributed by atoms with van der Waals surface area (Å²) in [5.41, 5.74) is 2.16. The minimum atomic E-state index is -0.115. The summed E-state index contributed by atoms with van der Waals surface area (Å²) in [5.74, 6) is -0.115. The van der Waals surface area contributed by atoms with Crippen LogP contribution in [0.15, 0.2) is 48.8 Å². The first-order valence-electron chi connectivity index (χ1n) is 7.07. The molecular weight excluding hydrogens is 349 g/mol. The summed E-state index contributed by atoms with van der Waals surface area (Å²) < 4.78 is 1.50. The van der Waals surface area contributed by atoms with Gasteiger partial charge in [0.25, 0.3) is 5.91 Å². The predicted octanol–water partition coefficient (Wildman–Crippen LogP) is 3.24. The van der Waals surface area contributed by atoms with Crippen molar-refractivity contribution < 1.29 is 4.79 Å². The first-order chi connectivity index (χ1) is 11.5. The molecule has 0 N–H and O–H groups in total. The molecule has 1 amide bonds. The molecule has 3 aromatic rings. The molecular formula is C16H13Cl2N5O. The van der Waals surface area contributed by atoms with Crippen LogP contribution in [0.25, 0.3) is 5.69 Å². The van der Waals surface area contributed by atoms with Gasteiger partial charge in [0, 0.05) is 19.2 Å². The van der Waals surface area contributed by atoms with Crippen molar-refractivity contribution in [3.05, 3.63) is 70.0 Å². The smallest absolute Gasteiger partial charge is 0.253 e. The summed E-state index contributed by atoms with van der Waals surface area (Å²) in [6.45, 7) is 0.421. The Kier molecular flexibility index (Phi) is 4.78. The van der Waals surface area contributed by atoms with Crippen molar-refractivity contribution in [2.75, 3.05) is 7.05 Å². The lowest BCUT2D eigenvalue weighted by Gasteiger charge is -2.18. The zero-order valence-corrected chi connectivity index (χ0v) is 14.2. The third-order valence-corrected chi connectivity index (χ3v) is 4.20. The maximum absolute atomic E-state index is 12.6. The number of benzene rings is 2. The second-order valence-electron chi connectivity index (χ2n) is 5.21. The van der Waals surface area contributed by atoms with Crippen LogP contribution in [0.3, 0.4) is 0 Å². The summed E-state index contributed by atoms with van der Waals surface area (Å²) in [4.78, 5) is 14.2. The van der Waals surface area contributed by atoms with E-state index in [1.54, 1.807) is 42.3 Å². The fourth-order valence-corrected chi connectivity index (χ4v) is 2.59. The Balaban J connectivity index is 1.78. The number of carbonyl (C=O) groups excluding carboxylic acids is 1. The maximum atomic E-state index is 12.6. The fraction of sp³-hybridized carbons (Fsp3) is 0.125. The first-order valence-corrected chi connectivity index (χ1v) is 7.83. The van der Waals surface area contributed by atoms with Gasteiger partial charge in [-0.25, -0.2) is 4.68 Å². The molecule has 6 nitrogen and oxygen atoms in total. The average Bonchev–Trinajstić information content (AvgIpc) is 3.12. The number of nitrogens with zero attached hydrogens (tertiary/aromatic N) is 5. The van der Waals surface area contributed by atoms with E-state index in [-0.39, 0.29) is 5.91 Å². The molecule has 0 radical (unpaired) electrons. The average molecular weight is 362 g/mol. The molecule has 24 heavy (non-hydrogen) atoms. The highest BCUT2D eigenvalue weighted by molar-refractivity contribution is 6.42. The van der Waals surface area contributed by atoms with E-state index in [0.717, 1.165) is 5.56 Å². The van der Waals surface area contributed by atoms with Crippen LogP contribution in [0.4, 0.5) is 0 Å². The normalized spacial score (nSPS) is 10.6. The van der Waals surface area contributed by atoms with E-state index in [4.69, 9.17) is 23.2 Å². The van der Waals surface area contributed by atoms with Crippen LogP contribution in [-0.4, -0.2) is 38.1 Å². The summed E-state index contributed by atoms with van der Waals surface area (Å²) in [6.07, 6.45) is 1.48. The molecule has 0 spiro atoms. The van der Waals surface area contributed by atoms with Crippen molar-refractivity contribution in [3.8, 4) is 5.69 Å². The third-order valence-electron chi connectivity index (χ3n) is 3.46. The molecule has 0 atom stereocenters. The molecule has 0 aliphatic rings. The molecule has 2 aromatic carbocycles. The van der Waals surface area contributed by atoms with Crippen LogP contribution < -0.4 is 0 Å². The van der Waals surface area contributed by atoms with Gasteiger partial charge in [-0.3, -0.25) is 4.79 Å². The monoisotopic (exact) mass is 361 g/mol. The quantitative estimate of drug-likeness (QED) is 0.715. The molecule has 3 rings (SSSR count). The van der Waals surface area contributed by atoms with Gasteiger partial charge in [-0.1, -0.05) is 35.3 Å². The summed E-state index contributed by atoms with van der Waals surface area (Å²) >= 11 is 11.9. The molecule has 0 saturated heterocycles. The van der Waals surface area contributed by atoms with Crippen LogP contribution in [0, 0.1) is 0 Å². The van der Waals surface area contributed by atoms with Crippen molar-refractivity contribution in [1.29, 1.82) is 0 Å². The second-order valence-corrected chi connectivity index (χ2v) is 6.03. The SMILES string of the molecule is CN(Cc1ccc(Cl)c(Cl)c1)C(=O)c1cccc(-n2cnnn2)c1. The van der Waals surface area contributed by atoms with Crippen molar-refractivity contribution in [2.45, 2.75) is 6.54 Å². The molecule has 1 aromatic heterocycles. The van der Waals surface area contributed by atoms with Gasteiger partial charge in [0.1, 0.15) is 6.33 Å². The van der Waals surface area contributed by atoms with Gasteiger partial charge in [0.2, 0.25) is 0 Å². The van der Waals surface area contributed by atoms with Crippen molar-refractivity contribution in [3.63, 3.8) is 0 Å².